The van der Waals surface area contributed by atoms with Crippen LogP contribution >= 0.6 is 15.9 Å². The Morgan fingerprint density at radius 1 is 1.18 bits per heavy atom. The zero-order valence-corrected chi connectivity index (χ0v) is 20.8. The third-order valence-corrected chi connectivity index (χ3v) is 7.48. The molecule has 1 saturated heterocycles. The lowest BCUT2D eigenvalue weighted by atomic mass is 9.93. The van der Waals surface area contributed by atoms with Gasteiger partial charge in [0.05, 0.1) is 13.3 Å². The Morgan fingerprint density at radius 3 is 2.68 bits per heavy atom. The van der Waals surface area contributed by atoms with Crippen molar-refractivity contribution in [2.45, 2.75) is 32.1 Å². The lowest BCUT2D eigenvalue weighted by Crippen LogP contribution is -2.35. The molecule has 0 bridgehead atoms. The zero-order valence-electron chi connectivity index (χ0n) is 19.2. The van der Waals surface area contributed by atoms with Crippen molar-refractivity contribution >= 4 is 56.9 Å². The maximum atomic E-state index is 11.7. The number of anilines is 2. The molecule has 1 fully saturated rings. The molecule has 0 atom stereocenters. The number of allylic oxidation sites excluding steroid dienone is 2. The number of fused-ring (bicyclic) bond motifs is 2. The summed E-state index contributed by atoms with van der Waals surface area (Å²) < 4.78 is 7.29. The Morgan fingerprint density at radius 2 is 1.91 bits per heavy atom. The van der Waals surface area contributed by atoms with Gasteiger partial charge in [-0.2, -0.15) is 9.61 Å². The van der Waals surface area contributed by atoms with Crippen LogP contribution in [0.15, 0.2) is 41.0 Å². The topological polar surface area (TPSA) is 85.8 Å². The summed E-state index contributed by atoms with van der Waals surface area (Å²) in [6.07, 6.45) is 12.8. The number of aromatic nitrogens is 3. The van der Waals surface area contributed by atoms with Gasteiger partial charge in [-0.15, -0.1) is 0 Å². The Bertz CT molecular complexity index is 1390. The predicted octanol–water partition coefficient (Wildman–Crippen LogP) is 3.29. The molecule has 5 rings (SSSR count). The molecule has 1 aliphatic heterocycles. The molecule has 2 N–H and O–H groups in total. The van der Waals surface area contributed by atoms with E-state index in [9.17, 15) is 4.79 Å². The van der Waals surface area contributed by atoms with Crippen molar-refractivity contribution in [3.8, 4) is 0 Å². The molecule has 34 heavy (non-hydrogen) atoms. The first-order valence-corrected chi connectivity index (χ1v) is 12.5. The van der Waals surface area contributed by atoms with E-state index >= 15 is 0 Å². The molecule has 2 aliphatic rings. The highest BCUT2D eigenvalue weighted by Crippen LogP contribution is 2.35. The van der Waals surface area contributed by atoms with Crippen molar-refractivity contribution in [2.75, 3.05) is 30.8 Å². The van der Waals surface area contributed by atoms with Gasteiger partial charge in [0.2, 0.25) is 0 Å². The summed E-state index contributed by atoms with van der Waals surface area (Å²) in [5.41, 5.74) is 9.32. The van der Waals surface area contributed by atoms with E-state index in [1.54, 1.807) is 4.52 Å². The second-order valence-electron chi connectivity index (χ2n) is 8.85. The molecule has 8 heteroatoms. The number of nitrogens with zero attached hydrogens (tertiary/aromatic N) is 4. The Kier molecular flexibility index (Phi) is 6.41. The number of nitrogen functional groups attached to an aromatic ring is 1. The van der Waals surface area contributed by atoms with E-state index in [1.807, 2.05) is 6.20 Å². The summed E-state index contributed by atoms with van der Waals surface area (Å²) in [6.45, 7) is 1.62. The number of ether oxygens (including phenoxy) is 1. The number of esters is 1. The molecular formula is C26H28BrN5O2. The van der Waals surface area contributed by atoms with Crippen molar-refractivity contribution in [1.82, 2.24) is 14.6 Å². The van der Waals surface area contributed by atoms with Crippen LogP contribution in [0.1, 0.15) is 37.7 Å². The van der Waals surface area contributed by atoms with Crippen LogP contribution in [-0.4, -0.2) is 40.8 Å². The molecular weight excluding hydrogens is 494 g/mol. The van der Waals surface area contributed by atoms with Crippen molar-refractivity contribution in [3.05, 3.63) is 57.0 Å². The van der Waals surface area contributed by atoms with E-state index in [2.05, 4.69) is 68.4 Å². The molecule has 3 heterocycles. The standard InChI is InChI=1S/C26H28BrN5O2/c1-34-22(33)14-17-10-12-31(13-11-17)26-23(27)24(28)32-25(30-26)21(16-29-32)20-9-5-3-7-18-6-2-4-8-19(18)15-20/h2,4,6-9,15-17H,3,5,10-14,28H2,1H3. The molecule has 7 nitrogen and oxygen atoms in total. The van der Waals surface area contributed by atoms with Gasteiger partial charge in [-0.25, -0.2) is 4.98 Å². The first-order valence-electron chi connectivity index (χ1n) is 11.7. The number of hydrogen-bond donors (Lipinski definition) is 1. The van der Waals surface area contributed by atoms with Crippen molar-refractivity contribution in [3.63, 3.8) is 0 Å². The van der Waals surface area contributed by atoms with Gasteiger partial charge in [-0.1, -0.05) is 36.4 Å². The minimum absolute atomic E-state index is 0.143. The lowest BCUT2D eigenvalue weighted by molar-refractivity contribution is -0.141. The van der Waals surface area contributed by atoms with Crippen LogP contribution in [0.4, 0.5) is 11.6 Å². The van der Waals surface area contributed by atoms with E-state index in [0.717, 1.165) is 65.8 Å². The monoisotopic (exact) mass is 521 g/mol. The summed E-state index contributed by atoms with van der Waals surface area (Å²) in [7, 11) is 1.44. The Balaban J connectivity index is 1.51. The van der Waals surface area contributed by atoms with Crippen LogP contribution in [0, 0.1) is 5.92 Å². The van der Waals surface area contributed by atoms with E-state index in [1.165, 1.54) is 17.5 Å². The molecule has 0 unspecified atom stereocenters. The molecule has 0 spiro atoms. The number of carbonyl (C=O) groups excluding carboxylic acids is 1. The van der Waals surface area contributed by atoms with Crippen LogP contribution in [-0.2, 0) is 9.53 Å². The molecule has 0 amide bonds. The summed E-state index contributed by atoms with van der Waals surface area (Å²) >= 11 is 3.66. The van der Waals surface area contributed by atoms with Gasteiger partial charge in [0, 0.05) is 25.1 Å². The molecule has 176 valence electrons. The molecule has 1 aromatic carbocycles. The van der Waals surface area contributed by atoms with E-state index < -0.39 is 0 Å². The molecule has 2 aromatic heterocycles. The van der Waals surface area contributed by atoms with Crippen molar-refractivity contribution in [2.24, 2.45) is 5.92 Å². The second-order valence-corrected chi connectivity index (χ2v) is 9.65. The summed E-state index contributed by atoms with van der Waals surface area (Å²) in [5, 5.41) is 7.00. The van der Waals surface area contributed by atoms with Crippen LogP contribution < -0.4 is 21.1 Å². The van der Waals surface area contributed by atoms with Crippen molar-refractivity contribution in [1.29, 1.82) is 0 Å². The normalized spacial score (nSPS) is 16.6. The van der Waals surface area contributed by atoms with Crippen LogP contribution in [0.3, 0.4) is 0 Å². The maximum Gasteiger partial charge on any atom is 0.305 e. The van der Waals surface area contributed by atoms with Gasteiger partial charge in [0.15, 0.2) is 5.65 Å². The Labute approximate surface area is 206 Å². The first kappa shape index (κ1) is 22.7. The van der Waals surface area contributed by atoms with Gasteiger partial charge in [0.25, 0.3) is 0 Å². The summed E-state index contributed by atoms with van der Waals surface area (Å²) in [5.74, 6) is 1.54. The number of halogens is 1. The van der Waals surface area contributed by atoms with Crippen LogP contribution in [0.5, 0.6) is 0 Å². The third-order valence-electron chi connectivity index (χ3n) is 6.72. The number of rotatable bonds is 4. The Hall–Kier alpha value is -3.13. The number of methoxy groups -OCH3 is 1. The summed E-state index contributed by atoms with van der Waals surface area (Å²) in [6, 6.07) is 8.43. The second kappa shape index (κ2) is 9.62. The van der Waals surface area contributed by atoms with E-state index in [0.29, 0.717) is 18.2 Å². The third kappa shape index (κ3) is 4.34. The van der Waals surface area contributed by atoms with Gasteiger partial charge in [0.1, 0.15) is 16.1 Å². The lowest BCUT2D eigenvalue weighted by Gasteiger charge is -2.33. The molecule has 1 aliphatic carbocycles. The predicted molar refractivity (Wildman–Crippen MR) is 139 cm³/mol. The maximum absolute atomic E-state index is 11.7. The zero-order chi connectivity index (χ0) is 23.7. The average molecular weight is 522 g/mol. The van der Waals surface area contributed by atoms with E-state index in [-0.39, 0.29) is 5.97 Å². The highest BCUT2D eigenvalue weighted by Gasteiger charge is 2.26. The summed E-state index contributed by atoms with van der Waals surface area (Å²) in [4.78, 5) is 19.0. The highest BCUT2D eigenvalue weighted by molar-refractivity contribution is 9.10. The smallest absolute Gasteiger partial charge is 0.305 e. The number of piperidine rings is 1. The quantitative estimate of drug-likeness (QED) is 0.530. The number of benzene rings is 1. The van der Waals surface area contributed by atoms with E-state index in [4.69, 9.17) is 15.5 Å². The van der Waals surface area contributed by atoms with Crippen LogP contribution in [0.25, 0.3) is 23.4 Å². The fraction of sp³-hybridized carbons (Fsp3) is 0.346. The minimum atomic E-state index is -0.143. The molecule has 0 radical (unpaired) electrons. The number of carbonyl (C=O) groups is 1. The molecule has 3 aromatic rings. The fourth-order valence-corrected chi connectivity index (χ4v) is 5.29. The number of nitrogens with two attached hydrogens (primary N) is 1. The largest absolute Gasteiger partial charge is 0.469 e. The number of hydrogen-bond acceptors (Lipinski definition) is 6. The first-order chi connectivity index (χ1) is 16.5. The minimum Gasteiger partial charge on any atom is -0.469 e. The average Bonchev–Trinajstić information content (AvgIpc) is 3.26. The van der Waals surface area contributed by atoms with Gasteiger partial charge >= 0.3 is 5.97 Å². The van der Waals surface area contributed by atoms with Gasteiger partial charge < -0.3 is 15.4 Å². The fourth-order valence-electron chi connectivity index (χ4n) is 4.78. The highest BCUT2D eigenvalue weighted by atomic mass is 79.9. The van der Waals surface area contributed by atoms with Gasteiger partial charge in [-0.05, 0) is 69.6 Å². The molecule has 0 saturated carbocycles. The SMILES string of the molecule is COC(=O)CC1CCN(c2nc3c(C4=CCCC=c5ccccc5=C4)cnn3c(N)c2Br)CC1. The van der Waals surface area contributed by atoms with Crippen LogP contribution in [0.2, 0.25) is 0 Å². The van der Waals surface area contributed by atoms with Gasteiger partial charge in [-0.3, -0.25) is 4.79 Å². The van der Waals surface area contributed by atoms with Crippen molar-refractivity contribution < 1.29 is 9.53 Å².